The summed E-state index contributed by atoms with van der Waals surface area (Å²) in [7, 11) is 0. The van der Waals surface area contributed by atoms with E-state index in [9.17, 15) is 80.5 Å². The summed E-state index contributed by atoms with van der Waals surface area (Å²) in [5.74, 6) is -2.18. The first kappa shape index (κ1) is 58.7. The van der Waals surface area contributed by atoms with Gasteiger partial charge in [-0.1, -0.05) is 30.3 Å². The third-order valence-electron chi connectivity index (χ3n) is 11.5. The van der Waals surface area contributed by atoms with Gasteiger partial charge in [-0.3, -0.25) is 19.3 Å². The number of amides is 4. The summed E-state index contributed by atoms with van der Waals surface area (Å²) < 4.78 is 37.6. The highest BCUT2D eigenvalue weighted by atomic mass is 16.7. The van der Waals surface area contributed by atoms with Crippen LogP contribution >= 0.6 is 0 Å². The van der Waals surface area contributed by atoms with Crippen LogP contribution in [-0.2, 0) is 54.1 Å². The quantitative estimate of drug-likeness (QED) is 0.0347. The minimum atomic E-state index is -1.72. The molecule has 3 fully saturated rings. The largest absolute Gasteiger partial charge is 0.445 e. The molecule has 3 heterocycles. The molecule has 70 heavy (non-hydrogen) atoms. The first-order valence-corrected chi connectivity index (χ1v) is 22.8. The number of nitrogens with one attached hydrogen (secondary N) is 4. The Labute approximate surface area is 401 Å². The van der Waals surface area contributed by atoms with Crippen LogP contribution in [0.25, 0.3) is 0 Å². The van der Waals surface area contributed by atoms with Crippen LogP contribution in [0, 0.1) is 0 Å². The number of alkyl carbamates (subject to hydrolysis) is 1. The Morgan fingerprint density at radius 3 is 1.36 bits per heavy atom. The summed E-state index contributed by atoms with van der Waals surface area (Å²) in [6.45, 7) is -4.86. The number of carbonyl (C=O) groups is 4. The van der Waals surface area contributed by atoms with E-state index in [4.69, 9.17) is 33.2 Å². The molecular formula is C42H69N5O23. The number of carbonyl (C=O) groups excluding carboxylic acids is 4. The van der Waals surface area contributed by atoms with Gasteiger partial charge < -0.3 is 116 Å². The average Bonchev–Trinajstić information content (AvgIpc) is 3.35. The number of aliphatic hydroxyl groups is 12. The van der Waals surface area contributed by atoms with Crippen LogP contribution in [0.5, 0.6) is 0 Å². The number of benzene rings is 1. The van der Waals surface area contributed by atoms with E-state index in [0.29, 0.717) is 6.42 Å². The molecule has 4 amide bonds. The Balaban J connectivity index is 1.42. The summed E-state index contributed by atoms with van der Waals surface area (Å²) in [4.78, 5) is 54.6. The molecule has 400 valence electrons. The summed E-state index contributed by atoms with van der Waals surface area (Å²) in [6.07, 6.45) is -23.6. The maximum Gasteiger partial charge on any atom is 0.407 e. The van der Waals surface area contributed by atoms with Crippen molar-refractivity contribution in [2.75, 3.05) is 78.9 Å². The molecule has 1 aromatic carbocycles. The van der Waals surface area contributed by atoms with E-state index < -0.39 is 155 Å². The molecule has 28 heteroatoms. The lowest BCUT2D eigenvalue weighted by molar-refractivity contribution is -0.300. The molecule has 16 atom stereocenters. The molecule has 0 saturated carbocycles. The number of ether oxygens (including phenoxy) is 7. The Morgan fingerprint density at radius 2 is 0.943 bits per heavy atom. The van der Waals surface area contributed by atoms with Crippen molar-refractivity contribution in [2.24, 2.45) is 0 Å². The van der Waals surface area contributed by atoms with E-state index in [1.807, 2.05) is 6.07 Å². The van der Waals surface area contributed by atoms with Crippen molar-refractivity contribution in [3.8, 4) is 0 Å². The average molecular weight is 1010 g/mol. The minimum absolute atomic E-state index is 0.0128. The molecule has 16 N–H and O–H groups in total. The second-order valence-electron chi connectivity index (χ2n) is 16.6. The predicted octanol–water partition coefficient (Wildman–Crippen LogP) is -8.45. The first-order chi connectivity index (χ1) is 33.5. The molecule has 0 bridgehead atoms. The zero-order valence-corrected chi connectivity index (χ0v) is 38.2. The number of hydrogen-bond acceptors (Lipinski definition) is 24. The Hall–Kier alpha value is -3.86. The van der Waals surface area contributed by atoms with Gasteiger partial charge in [0.25, 0.3) is 0 Å². The zero-order valence-electron chi connectivity index (χ0n) is 38.2. The normalized spacial score (nSPS) is 31.6. The zero-order chi connectivity index (χ0) is 51.3. The van der Waals surface area contributed by atoms with Crippen LogP contribution in [0.1, 0.15) is 24.8 Å². The van der Waals surface area contributed by atoms with Crippen LogP contribution in [0.3, 0.4) is 0 Å². The fraction of sp³-hybridized carbons (Fsp3) is 0.762. The number of aliphatic hydroxyl groups excluding tert-OH is 12. The van der Waals surface area contributed by atoms with E-state index in [2.05, 4.69) is 21.3 Å². The number of unbranched alkanes of at least 4 members (excludes halogenated alkanes) is 1. The molecule has 0 aromatic heterocycles. The predicted molar refractivity (Wildman–Crippen MR) is 232 cm³/mol. The van der Waals surface area contributed by atoms with E-state index in [1.54, 1.807) is 24.3 Å². The van der Waals surface area contributed by atoms with Gasteiger partial charge in [0, 0.05) is 26.2 Å². The van der Waals surface area contributed by atoms with Crippen molar-refractivity contribution in [3.63, 3.8) is 0 Å². The van der Waals surface area contributed by atoms with Gasteiger partial charge >= 0.3 is 6.09 Å². The van der Waals surface area contributed by atoms with Gasteiger partial charge in [-0.05, 0) is 24.8 Å². The standard InChI is InChI=1S/C42H69N5O23/c48-18-24-29(53)32(56)35(59)39(68-24)64-13-10-43-27(51)16-47(17-28(52)44-11-14-65-40-36(60)33(57)30(54)25(19-49)69-40)23(8-4-5-9-46-42(63)67-21-22-6-2-1-3-7-22)38(62)45-12-15-66-41-37(61)34(58)31(55)26(20-50)70-41/h1-3,6-7,23-26,29-37,39-41,48-50,53-61H,4-5,8-21H2,(H,43,51)(H,44,52)(H,45,62)(H,46,63)/t23-,24+,25+,26+,29+,30+,31+,32-,33-,34-,35-,36-,37-,39-,40-,41-/m0/s1. The Bertz CT molecular complexity index is 1650. The minimum Gasteiger partial charge on any atom is -0.445 e. The van der Waals surface area contributed by atoms with Crippen LogP contribution < -0.4 is 21.3 Å². The molecule has 28 nitrogen and oxygen atoms in total. The van der Waals surface area contributed by atoms with Crippen LogP contribution in [0.15, 0.2) is 30.3 Å². The molecule has 3 aliphatic heterocycles. The smallest absolute Gasteiger partial charge is 0.407 e. The van der Waals surface area contributed by atoms with Gasteiger partial charge in [-0.25, -0.2) is 4.79 Å². The molecule has 1 aromatic rings. The van der Waals surface area contributed by atoms with Gasteiger partial charge in [-0.15, -0.1) is 0 Å². The lowest BCUT2D eigenvalue weighted by Gasteiger charge is -2.39. The molecule has 0 radical (unpaired) electrons. The van der Waals surface area contributed by atoms with E-state index in [-0.39, 0.29) is 65.4 Å². The lowest BCUT2D eigenvalue weighted by Crippen LogP contribution is -2.59. The van der Waals surface area contributed by atoms with Gasteiger partial charge in [0.05, 0.1) is 58.8 Å². The van der Waals surface area contributed by atoms with Crippen molar-refractivity contribution < 1.29 is 114 Å². The van der Waals surface area contributed by atoms with Crippen molar-refractivity contribution in [1.82, 2.24) is 26.2 Å². The molecule has 3 saturated heterocycles. The Morgan fingerprint density at radius 1 is 0.529 bits per heavy atom. The molecular weight excluding hydrogens is 942 g/mol. The van der Waals surface area contributed by atoms with Gasteiger partial charge in [-0.2, -0.15) is 0 Å². The van der Waals surface area contributed by atoms with Crippen LogP contribution in [0.2, 0.25) is 0 Å². The van der Waals surface area contributed by atoms with E-state index in [1.165, 1.54) is 4.90 Å². The van der Waals surface area contributed by atoms with E-state index >= 15 is 0 Å². The second kappa shape index (κ2) is 30.2. The van der Waals surface area contributed by atoms with Crippen LogP contribution in [-0.4, -0.2) is 267 Å². The van der Waals surface area contributed by atoms with Crippen molar-refractivity contribution >= 4 is 23.8 Å². The SMILES string of the molecule is O=C(CN(CC(=O)NCCO[C@H]1O[C@H](CO)[C@@H](O)[C@H](O)[C@@H]1O)[C@@H](CCCCNC(=O)OCc1ccccc1)C(=O)NCCO[C@H]1O[C@H](CO)[C@@H](O)[C@H](O)[C@@H]1O)NCCO[C@H]1O[C@H](CO)[C@@H](O)[C@H](O)[C@@H]1O. The van der Waals surface area contributed by atoms with Crippen molar-refractivity contribution in [3.05, 3.63) is 35.9 Å². The fourth-order valence-corrected chi connectivity index (χ4v) is 7.48. The number of nitrogens with zero attached hydrogens (tertiary/aromatic N) is 1. The van der Waals surface area contributed by atoms with Gasteiger partial charge in [0.15, 0.2) is 18.9 Å². The molecule has 4 rings (SSSR count). The molecule has 0 unspecified atom stereocenters. The van der Waals surface area contributed by atoms with Gasteiger partial charge in [0.2, 0.25) is 17.7 Å². The summed E-state index contributed by atoms with van der Waals surface area (Å²) >= 11 is 0. The summed E-state index contributed by atoms with van der Waals surface area (Å²) in [5, 5.41) is 130. The number of rotatable bonds is 28. The highest BCUT2D eigenvalue weighted by Crippen LogP contribution is 2.24. The maximum absolute atomic E-state index is 14.0. The highest BCUT2D eigenvalue weighted by Gasteiger charge is 2.46. The second-order valence-corrected chi connectivity index (χ2v) is 16.6. The monoisotopic (exact) mass is 1010 g/mol. The molecule has 0 aliphatic carbocycles. The Kier molecular flexibility index (Phi) is 25.4. The molecule has 0 spiro atoms. The van der Waals surface area contributed by atoms with Crippen molar-refractivity contribution in [1.29, 1.82) is 0 Å². The van der Waals surface area contributed by atoms with E-state index in [0.717, 1.165) is 5.56 Å². The highest BCUT2D eigenvalue weighted by molar-refractivity contribution is 5.86. The maximum atomic E-state index is 14.0. The number of hydrogen-bond donors (Lipinski definition) is 16. The third-order valence-corrected chi connectivity index (χ3v) is 11.5. The van der Waals surface area contributed by atoms with Crippen molar-refractivity contribution in [2.45, 2.75) is 124 Å². The van der Waals surface area contributed by atoms with Gasteiger partial charge in [0.1, 0.15) is 79.9 Å². The lowest BCUT2D eigenvalue weighted by atomic mass is 9.99. The topological polar surface area (TPSA) is 427 Å². The molecule has 3 aliphatic rings. The summed E-state index contributed by atoms with van der Waals surface area (Å²) in [6, 6.07) is 7.71. The van der Waals surface area contributed by atoms with Crippen LogP contribution in [0.4, 0.5) is 4.79 Å². The first-order valence-electron chi connectivity index (χ1n) is 22.8. The third kappa shape index (κ3) is 17.7. The fourth-order valence-electron chi connectivity index (χ4n) is 7.48. The summed E-state index contributed by atoms with van der Waals surface area (Å²) in [5.41, 5.74) is 0.765.